The molecule has 0 bridgehead atoms. The van der Waals surface area contributed by atoms with Crippen molar-refractivity contribution in [3.63, 3.8) is 0 Å². The summed E-state index contributed by atoms with van der Waals surface area (Å²) in [5.74, 6) is 0. The number of carbonyl (C=O) groups excluding carboxylic acids is 2. The number of amides is 3. The molecule has 2 aromatic rings. The van der Waals surface area contributed by atoms with Crippen LogP contribution in [0.2, 0.25) is 0 Å². The SMILES string of the molecule is CON(C)C(=O)N(CCCc1ccccc1)C(=O)OCc1ccccc1. The van der Waals surface area contributed by atoms with Crippen molar-refractivity contribution in [2.75, 3.05) is 20.7 Å². The standard InChI is InChI=1S/C20H24N2O4/c1-21(25-2)19(23)22(15-9-14-17-10-5-3-6-11-17)20(24)26-16-18-12-7-4-8-13-18/h3-8,10-13H,9,14-16H2,1-2H3. The molecule has 0 aromatic heterocycles. The van der Waals surface area contributed by atoms with Crippen LogP contribution in [0.15, 0.2) is 60.7 Å². The van der Waals surface area contributed by atoms with E-state index in [4.69, 9.17) is 9.57 Å². The van der Waals surface area contributed by atoms with Crippen molar-refractivity contribution in [1.29, 1.82) is 0 Å². The summed E-state index contributed by atoms with van der Waals surface area (Å²) in [6.45, 7) is 0.355. The van der Waals surface area contributed by atoms with Crippen LogP contribution in [0, 0.1) is 0 Å². The van der Waals surface area contributed by atoms with Gasteiger partial charge in [0, 0.05) is 13.6 Å². The van der Waals surface area contributed by atoms with E-state index in [-0.39, 0.29) is 13.2 Å². The maximum absolute atomic E-state index is 12.4. The first-order valence-electron chi connectivity index (χ1n) is 8.45. The molecule has 0 saturated heterocycles. The van der Waals surface area contributed by atoms with E-state index < -0.39 is 12.1 Å². The summed E-state index contributed by atoms with van der Waals surface area (Å²) in [6.07, 6.45) is 0.705. The average Bonchev–Trinajstić information content (AvgIpc) is 2.70. The van der Waals surface area contributed by atoms with Gasteiger partial charge in [0.2, 0.25) is 0 Å². The number of hydrogen-bond donors (Lipinski definition) is 0. The van der Waals surface area contributed by atoms with Gasteiger partial charge in [-0.1, -0.05) is 60.7 Å². The molecule has 26 heavy (non-hydrogen) atoms. The van der Waals surface area contributed by atoms with E-state index >= 15 is 0 Å². The van der Waals surface area contributed by atoms with Crippen LogP contribution in [0.4, 0.5) is 9.59 Å². The number of benzene rings is 2. The normalized spacial score (nSPS) is 10.2. The number of aryl methyl sites for hydroxylation is 1. The number of imide groups is 1. The second kappa shape index (κ2) is 10.2. The Balaban J connectivity index is 1.95. The second-order valence-corrected chi connectivity index (χ2v) is 5.74. The molecule has 6 nitrogen and oxygen atoms in total. The molecule has 2 aromatic carbocycles. The number of rotatable bonds is 7. The van der Waals surface area contributed by atoms with Gasteiger partial charge < -0.3 is 4.74 Å². The molecule has 0 heterocycles. The van der Waals surface area contributed by atoms with Crippen LogP contribution in [-0.4, -0.2) is 42.8 Å². The third kappa shape index (κ3) is 5.89. The monoisotopic (exact) mass is 356 g/mol. The summed E-state index contributed by atoms with van der Waals surface area (Å²) in [4.78, 5) is 30.8. The lowest BCUT2D eigenvalue weighted by molar-refractivity contribution is -0.0749. The molecular formula is C20H24N2O4. The van der Waals surface area contributed by atoms with Gasteiger partial charge in [0.15, 0.2) is 0 Å². The fourth-order valence-electron chi connectivity index (χ4n) is 2.40. The van der Waals surface area contributed by atoms with E-state index in [0.29, 0.717) is 6.42 Å². The Morgan fingerprint density at radius 2 is 1.50 bits per heavy atom. The summed E-state index contributed by atoms with van der Waals surface area (Å²) in [6, 6.07) is 18.7. The Bertz CT molecular complexity index is 691. The number of urea groups is 1. The highest BCUT2D eigenvalue weighted by Crippen LogP contribution is 2.09. The van der Waals surface area contributed by atoms with Gasteiger partial charge in [-0.15, -0.1) is 0 Å². The van der Waals surface area contributed by atoms with Crippen LogP contribution in [-0.2, 0) is 22.6 Å². The minimum Gasteiger partial charge on any atom is -0.444 e. The van der Waals surface area contributed by atoms with Crippen LogP contribution < -0.4 is 0 Å². The molecule has 0 radical (unpaired) electrons. The zero-order valence-corrected chi connectivity index (χ0v) is 15.1. The molecule has 6 heteroatoms. The molecule has 138 valence electrons. The third-order valence-corrected chi connectivity index (χ3v) is 3.89. The van der Waals surface area contributed by atoms with E-state index in [1.165, 1.54) is 14.2 Å². The quantitative estimate of drug-likeness (QED) is 0.707. The fraction of sp³-hybridized carbons (Fsp3) is 0.300. The zero-order valence-electron chi connectivity index (χ0n) is 15.1. The summed E-state index contributed by atoms with van der Waals surface area (Å²) < 4.78 is 5.29. The van der Waals surface area contributed by atoms with Crippen LogP contribution in [0.3, 0.4) is 0 Å². The summed E-state index contributed by atoms with van der Waals surface area (Å²) in [5.41, 5.74) is 2.01. The minimum atomic E-state index is -0.684. The molecule has 0 N–H and O–H groups in total. The Kier molecular flexibility index (Phi) is 7.64. The molecule has 3 amide bonds. The Morgan fingerprint density at radius 3 is 2.08 bits per heavy atom. The van der Waals surface area contributed by atoms with Gasteiger partial charge in [-0.2, -0.15) is 0 Å². The number of hydroxylamine groups is 2. The van der Waals surface area contributed by atoms with Crippen molar-refractivity contribution in [2.45, 2.75) is 19.4 Å². The second-order valence-electron chi connectivity index (χ2n) is 5.74. The van der Waals surface area contributed by atoms with Crippen molar-refractivity contribution in [3.8, 4) is 0 Å². The van der Waals surface area contributed by atoms with E-state index in [1.807, 2.05) is 60.7 Å². The molecule has 0 spiro atoms. The van der Waals surface area contributed by atoms with Gasteiger partial charge in [-0.3, -0.25) is 4.84 Å². The van der Waals surface area contributed by atoms with Gasteiger partial charge in [0.25, 0.3) is 0 Å². The van der Waals surface area contributed by atoms with Gasteiger partial charge in [0.05, 0.1) is 7.11 Å². The number of carbonyl (C=O) groups is 2. The molecule has 0 fully saturated rings. The predicted molar refractivity (Wildman–Crippen MR) is 98.3 cm³/mol. The Labute approximate surface area is 153 Å². The third-order valence-electron chi connectivity index (χ3n) is 3.89. The molecule has 0 aliphatic carbocycles. The first kappa shape index (κ1) is 19.5. The van der Waals surface area contributed by atoms with Crippen LogP contribution in [0.5, 0.6) is 0 Å². The minimum absolute atomic E-state index is 0.110. The zero-order chi connectivity index (χ0) is 18.8. The Hall–Kier alpha value is -2.86. The molecule has 0 saturated carbocycles. The highest BCUT2D eigenvalue weighted by Gasteiger charge is 2.26. The number of hydrogen-bond acceptors (Lipinski definition) is 4. The largest absolute Gasteiger partial charge is 0.444 e. The van der Waals surface area contributed by atoms with Crippen LogP contribution in [0.25, 0.3) is 0 Å². The first-order chi connectivity index (χ1) is 12.6. The molecule has 0 aliphatic heterocycles. The Morgan fingerprint density at radius 1 is 0.923 bits per heavy atom. The highest BCUT2D eigenvalue weighted by atomic mass is 16.7. The van der Waals surface area contributed by atoms with E-state index in [9.17, 15) is 9.59 Å². The lowest BCUT2D eigenvalue weighted by atomic mass is 10.1. The van der Waals surface area contributed by atoms with Gasteiger partial charge >= 0.3 is 12.1 Å². The topological polar surface area (TPSA) is 59.1 Å². The maximum atomic E-state index is 12.4. The summed E-state index contributed by atoms with van der Waals surface area (Å²) >= 11 is 0. The molecule has 2 rings (SSSR count). The van der Waals surface area contributed by atoms with E-state index in [2.05, 4.69) is 0 Å². The first-order valence-corrected chi connectivity index (χ1v) is 8.45. The summed E-state index contributed by atoms with van der Waals surface area (Å²) in [5, 5.41) is 1.01. The average molecular weight is 356 g/mol. The van der Waals surface area contributed by atoms with Gasteiger partial charge in [0.1, 0.15) is 6.61 Å². The highest BCUT2D eigenvalue weighted by molar-refractivity contribution is 5.90. The van der Waals surface area contributed by atoms with Crippen molar-refractivity contribution in [1.82, 2.24) is 9.96 Å². The van der Waals surface area contributed by atoms with Gasteiger partial charge in [-0.05, 0) is 24.0 Å². The van der Waals surface area contributed by atoms with Gasteiger partial charge in [-0.25, -0.2) is 19.6 Å². The molecular weight excluding hydrogens is 332 g/mol. The smallest absolute Gasteiger partial charge is 0.418 e. The predicted octanol–water partition coefficient (Wildman–Crippen LogP) is 3.87. The summed E-state index contributed by atoms with van der Waals surface area (Å²) in [7, 11) is 2.83. The number of nitrogens with zero attached hydrogens (tertiary/aromatic N) is 2. The van der Waals surface area contributed by atoms with Crippen molar-refractivity contribution < 1.29 is 19.2 Å². The lowest BCUT2D eigenvalue weighted by Gasteiger charge is -2.24. The van der Waals surface area contributed by atoms with E-state index in [0.717, 1.165) is 27.5 Å². The maximum Gasteiger partial charge on any atom is 0.418 e. The van der Waals surface area contributed by atoms with Crippen LogP contribution >= 0.6 is 0 Å². The molecule has 0 aliphatic rings. The van der Waals surface area contributed by atoms with Crippen molar-refractivity contribution in [3.05, 3.63) is 71.8 Å². The molecule has 0 unspecified atom stereocenters. The lowest BCUT2D eigenvalue weighted by Crippen LogP contribution is -2.45. The van der Waals surface area contributed by atoms with Crippen molar-refractivity contribution in [2.24, 2.45) is 0 Å². The van der Waals surface area contributed by atoms with Crippen molar-refractivity contribution >= 4 is 12.1 Å². The van der Waals surface area contributed by atoms with Crippen LogP contribution in [0.1, 0.15) is 17.5 Å². The fourth-order valence-corrected chi connectivity index (χ4v) is 2.40. The van der Waals surface area contributed by atoms with E-state index in [1.54, 1.807) is 0 Å². The molecule has 0 atom stereocenters. The number of ether oxygens (including phenoxy) is 1.